The van der Waals surface area contributed by atoms with E-state index in [-0.39, 0.29) is 24.4 Å². The number of anilines is 2. The van der Waals surface area contributed by atoms with Crippen LogP contribution >= 0.6 is 0 Å². The van der Waals surface area contributed by atoms with E-state index in [9.17, 15) is 40.3 Å². The number of amides is 3. The molecule has 0 atom stereocenters. The third-order valence-electron chi connectivity index (χ3n) is 4.80. The van der Waals surface area contributed by atoms with E-state index in [1.54, 1.807) is 0 Å². The number of nitrogens with zero attached hydrogens (tertiary/aromatic N) is 4. The van der Waals surface area contributed by atoms with Crippen LogP contribution in [0.3, 0.4) is 0 Å². The average Bonchev–Trinajstić information content (AvgIpc) is 3.12. The summed E-state index contributed by atoms with van der Waals surface area (Å²) in [5, 5.41) is 8.95. The van der Waals surface area contributed by atoms with Gasteiger partial charge < -0.3 is 4.74 Å². The summed E-state index contributed by atoms with van der Waals surface area (Å²) in [7, 11) is 1.07. The Morgan fingerprint density at radius 2 is 1.68 bits per heavy atom. The van der Waals surface area contributed by atoms with Crippen molar-refractivity contribution in [2.45, 2.75) is 12.4 Å². The molecule has 1 aliphatic rings. The Bertz CT molecular complexity index is 1160. The van der Waals surface area contributed by atoms with Gasteiger partial charge in [0.25, 0.3) is 0 Å². The number of hydrogen-bond acceptors (Lipinski definition) is 4. The zero-order valence-corrected chi connectivity index (χ0v) is 17.0. The van der Waals surface area contributed by atoms with Crippen LogP contribution in [0.2, 0.25) is 0 Å². The first-order chi connectivity index (χ1) is 15.7. The normalized spacial score (nSPS) is 14.3. The highest BCUT2D eigenvalue weighted by molar-refractivity contribution is 5.98. The Morgan fingerprint density at radius 3 is 2.18 bits per heavy atom. The summed E-state index contributed by atoms with van der Waals surface area (Å²) in [6.45, 7) is -0.751. The molecule has 0 saturated carbocycles. The maximum absolute atomic E-state index is 13.8. The first-order valence-electron chi connectivity index (χ1n) is 9.26. The van der Waals surface area contributed by atoms with Crippen LogP contribution < -0.4 is 14.5 Å². The quantitative estimate of drug-likeness (QED) is 0.437. The summed E-state index contributed by atoms with van der Waals surface area (Å²) in [5.41, 5.74) is -4.70. The van der Waals surface area contributed by atoms with Gasteiger partial charge in [0.1, 0.15) is 11.4 Å². The fraction of sp³-hybridized carbons (Fsp3) is 0.250. The van der Waals surface area contributed by atoms with Crippen molar-refractivity contribution >= 4 is 23.5 Å². The van der Waals surface area contributed by atoms with Crippen LogP contribution in [0.5, 0.6) is 5.75 Å². The molecule has 0 unspecified atom stereocenters. The molecule has 7 nitrogen and oxygen atoms in total. The summed E-state index contributed by atoms with van der Waals surface area (Å²) in [6.07, 6.45) is -10.7. The zero-order chi connectivity index (χ0) is 25.4. The Kier molecular flexibility index (Phi) is 6.32. The third kappa shape index (κ3) is 4.82. The lowest BCUT2D eigenvalue weighted by atomic mass is 10.1. The minimum absolute atomic E-state index is 0.00123. The van der Waals surface area contributed by atoms with Gasteiger partial charge in [-0.05, 0) is 36.4 Å². The molecule has 2 aromatic rings. The molecule has 3 amide bonds. The molecular formula is C20H13F7N4O3. The number of halogens is 7. The topological polar surface area (TPSA) is 76.9 Å². The first-order valence-corrected chi connectivity index (χ1v) is 9.26. The van der Waals surface area contributed by atoms with Gasteiger partial charge in [0.2, 0.25) is 0 Å². The summed E-state index contributed by atoms with van der Waals surface area (Å²) in [6, 6.07) is 2.94. The van der Waals surface area contributed by atoms with Crippen molar-refractivity contribution in [1.29, 1.82) is 5.26 Å². The molecule has 14 heteroatoms. The molecule has 34 heavy (non-hydrogen) atoms. The second-order valence-corrected chi connectivity index (χ2v) is 6.96. The van der Waals surface area contributed by atoms with E-state index in [0.717, 1.165) is 31.3 Å². The van der Waals surface area contributed by atoms with Crippen LogP contribution in [0.25, 0.3) is 0 Å². The molecule has 0 radical (unpaired) electrons. The molecule has 1 fully saturated rings. The van der Waals surface area contributed by atoms with Crippen molar-refractivity contribution in [2.75, 3.05) is 29.9 Å². The summed E-state index contributed by atoms with van der Waals surface area (Å²) in [4.78, 5) is 26.6. The zero-order valence-electron chi connectivity index (χ0n) is 17.0. The molecule has 3 rings (SSSR count). The van der Waals surface area contributed by atoms with E-state index in [1.807, 2.05) is 0 Å². The number of alkyl halides is 6. The smallest absolute Gasteiger partial charge is 0.407 e. The lowest BCUT2D eigenvalue weighted by molar-refractivity contribution is -0.143. The monoisotopic (exact) mass is 490 g/mol. The molecule has 1 aliphatic heterocycles. The van der Waals surface area contributed by atoms with E-state index in [0.29, 0.717) is 14.7 Å². The standard InChI is InChI=1S/C20H13F7N4O3/c1-29(13-4-2-12(21)3-5-13)18(33)34-16-14(20(25,26)27)8-11(19(22,23)24)9-15(16)31-7-6-30(10-28)17(31)32/h2-5,8-9H,6-7H2,1H3. The maximum Gasteiger partial charge on any atom is 0.420 e. The Balaban J connectivity index is 2.15. The van der Waals surface area contributed by atoms with Crippen molar-refractivity contribution in [3.05, 3.63) is 53.3 Å². The highest BCUT2D eigenvalue weighted by atomic mass is 19.4. The van der Waals surface area contributed by atoms with E-state index >= 15 is 0 Å². The summed E-state index contributed by atoms with van der Waals surface area (Å²) >= 11 is 0. The Morgan fingerprint density at radius 1 is 1.06 bits per heavy atom. The fourth-order valence-corrected chi connectivity index (χ4v) is 3.07. The molecule has 180 valence electrons. The van der Waals surface area contributed by atoms with Crippen molar-refractivity contribution in [3.63, 3.8) is 0 Å². The van der Waals surface area contributed by atoms with Gasteiger partial charge in [-0.3, -0.25) is 9.80 Å². The van der Waals surface area contributed by atoms with Crippen molar-refractivity contribution in [1.82, 2.24) is 4.90 Å². The third-order valence-corrected chi connectivity index (χ3v) is 4.80. The van der Waals surface area contributed by atoms with Gasteiger partial charge in [0.05, 0.1) is 17.8 Å². The molecule has 1 saturated heterocycles. The molecule has 0 N–H and O–H groups in total. The SMILES string of the molecule is CN(C(=O)Oc1c(N2CCN(C#N)C2=O)cc(C(F)(F)F)cc1C(F)(F)F)c1ccc(F)cc1. The molecule has 0 bridgehead atoms. The lowest BCUT2D eigenvalue weighted by Crippen LogP contribution is -2.33. The van der Waals surface area contributed by atoms with Gasteiger partial charge in [0, 0.05) is 19.3 Å². The summed E-state index contributed by atoms with van der Waals surface area (Å²) in [5.74, 6) is -2.02. The summed E-state index contributed by atoms with van der Waals surface area (Å²) < 4.78 is 99.3. The van der Waals surface area contributed by atoms with Crippen molar-refractivity contribution < 1.29 is 45.1 Å². The van der Waals surface area contributed by atoms with Gasteiger partial charge in [-0.25, -0.2) is 18.9 Å². The highest BCUT2D eigenvalue weighted by Gasteiger charge is 2.44. The number of carbonyl (C=O) groups is 2. The van der Waals surface area contributed by atoms with Crippen LogP contribution in [-0.4, -0.2) is 37.2 Å². The predicted octanol–water partition coefficient (Wildman–Crippen LogP) is 5.22. The molecular weight excluding hydrogens is 477 g/mol. The molecule has 0 aromatic heterocycles. The number of nitriles is 1. The van der Waals surface area contributed by atoms with Crippen LogP contribution in [0.4, 0.5) is 51.7 Å². The van der Waals surface area contributed by atoms with Gasteiger partial charge in [0.15, 0.2) is 11.9 Å². The second-order valence-electron chi connectivity index (χ2n) is 6.96. The number of urea groups is 1. The van der Waals surface area contributed by atoms with E-state index < -0.39 is 59.4 Å². The number of hydrogen-bond donors (Lipinski definition) is 0. The number of benzene rings is 2. The lowest BCUT2D eigenvalue weighted by Gasteiger charge is -2.25. The van der Waals surface area contributed by atoms with Gasteiger partial charge >= 0.3 is 24.5 Å². The fourth-order valence-electron chi connectivity index (χ4n) is 3.07. The van der Waals surface area contributed by atoms with Crippen molar-refractivity contribution in [3.8, 4) is 11.9 Å². The molecule has 0 spiro atoms. The Labute approximate surface area is 187 Å². The molecule has 2 aromatic carbocycles. The van der Waals surface area contributed by atoms with Crippen LogP contribution in [0, 0.1) is 17.3 Å². The maximum atomic E-state index is 13.8. The van der Waals surface area contributed by atoms with Crippen LogP contribution in [0.1, 0.15) is 11.1 Å². The van der Waals surface area contributed by atoms with E-state index in [4.69, 9.17) is 10.00 Å². The average molecular weight is 490 g/mol. The minimum atomic E-state index is -5.42. The van der Waals surface area contributed by atoms with Crippen LogP contribution in [0.15, 0.2) is 36.4 Å². The van der Waals surface area contributed by atoms with Crippen LogP contribution in [-0.2, 0) is 12.4 Å². The molecule has 0 aliphatic carbocycles. The largest absolute Gasteiger partial charge is 0.420 e. The van der Waals surface area contributed by atoms with E-state index in [2.05, 4.69) is 0 Å². The van der Waals surface area contributed by atoms with Crippen molar-refractivity contribution in [2.24, 2.45) is 0 Å². The highest BCUT2D eigenvalue weighted by Crippen LogP contribution is 2.46. The second kappa shape index (κ2) is 8.73. The van der Waals surface area contributed by atoms with Gasteiger partial charge in [-0.1, -0.05) is 0 Å². The van der Waals surface area contributed by atoms with Gasteiger partial charge in [-0.15, -0.1) is 0 Å². The number of carbonyl (C=O) groups excluding carboxylic acids is 2. The minimum Gasteiger partial charge on any atom is -0.407 e. The number of rotatable bonds is 3. The predicted molar refractivity (Wildman–Crippen MR) is 102 cm³/mol. The van der Waals surface area contributed by atoms with Gasteiger partial charge in [-0.2, -0.15) is 31.6 Å². The number of ether oxygens (including phenoxy) is 1. The Hall–Kier alpha value is -4.02. The first kappa shape index (κ1) is 24.6. The molecule has 1 heterocycles. The van der Waals surface area contributed by atoms with E-state index in [1.165, 1.54) is 6.19 Å².